The van der Waals surface area contributed by atoms with Crippen molar-refractivity contribution < 1.29 is 19.4 Å². The van der Waals surface area contributed by atoms with Gasteiger partial charge in [0.05, 0.1) is 25.0 Å². The highest BCUT2D eigenvalue weighted by Gasteiger charge is 2.43. The Balaban J connectivity index is 1.66. The van der Waals surface area contributed by atoms with Crippen LogP contribution in [0.15, 0.2) is 30.3 Å². The van der Waals surface area contributed by atoms with Gasteiger partial charge in [0.1, 0.15) is 6.10 Å². The minimum Gasteiger partial charge on any atom is -0.481 e. The number of ether oxygens (including phenoxy) is 1. The van der Waals surface area contributed by atoms with E-state index < -0.39 is 11.9 Å². The van der Waals surface area contributed by atoms with Gasteiger partial charge in [-0.05, 0) is 18.4 Å². The van der Waals surface area contributed by atoms with Gasteiger partial charge in [-0.15, -0.1) is 0 Å². The van der Waals surface area contributed by atoms with Crippen LogP contribution in [-0.2, 0) is 14.3 Å². The molecule has 21 heavy (non-hydrogen) atoms. The maximum atomic E-state index is 12.5. The van der Waals surface area contributed by atoms with Gasteiger partial charge in [-0.3, -0.25) is 9.59 Å². The van der Waals surface area contributed by atoms with Crippen molar-refractivity contribution in [3.05, 3.63) is 35.9 Å². The number of hydrogen-bond acceptors (Lipinski definition) is 3. The fourth-order valence-corrected chi connectivity index (χ4v) is 3.04. The van der Waals surface area contributed by atoms with Crippen molar-refractivity contribution in [1.82, 2.24) is 4.90 Å². The third-order valence-electron chi connectivity index (χ3n) is 4.46. The maximum absolute atomic E-state index is 12.5. The third-order valence-corrected chi connectivity index (χ3v) is 4.46. The number of amides is 1. The number of aliphatic carboxylic acids is 1. The minimum absolute atomic E-state index is 0.0297. The van der Waals surface area contributed by atoms with Crippen molar-refractivity contribution in [1.29, 1.82) is 0 Å². The summed E-state index contributed by atoms with van der Waals surface area (Å²) < 4.78 is 5.74. The summed E-state index contributed by atoms with van der Waals surface area (Å²) in [4.78, 5) is 25.3. The van der Waals surface area contributed by atoms with E-state index in [4.69, 9.17) is 9.84 Å². The maximum Gasteiger partial charge on any atom is 0.307 e. The van der Waals surface area contributed by atoms with Gasteiger partial charge in [-0.1, -0.05) is 30.3 Å². The van der Waals surface area contributed by atoms with E-state index in [0.29, 0.717) is 32.5 Å². The number of morpholine rings is 1. The van der Waals surface area contributed by atoms with Crippen LogP contribution in [0.2, 0.25) is 0 Å². The average Bonchev–Trinajstić information content (AvgIpc) is 2.46. The van der Waals surface area contributed by atoms with Gasteiger partial charge in [-0.25, -0.2) is 0 Å². The Morgan fingerprint density at radius 3 is 2.48 bits per heavy atom. The Morgan fingerprint density at radius 1 is 1.14 bits per heavy atom. The molecule has 112 valence electrons. The van der Waals surface area contributed by atoms with E-state index in [-0.39, 0.29) is 17.9 Å². The van der Waals surface area contributed by atoms with Gasteiger partial charge in [0.25, 0.3) is 0 Å². The predicted molar refractivity (Wildman–Crippen MR) is 75.6 cm³/mol. The lowest BCUT2D eigenvalue weighted by Gasteiger charge is -2.39. The highest BCUT2D eigenvalue weighted by molar-refractivity contribution is 5.86. The second-order valence-electron chi connectivity index (χ2n) is 5.68. The molecule has 1 aliphatic heterocycles. The molecular weight excluding hydrogens is 270 g/mol. The fraction of sp³-hybridized carbons (Fsp3) is 0.500. The number of nitrogens with zero attached hydrogens (tertiary/aromatic N) is 1. The summed E-state index contributed by atoms with van der Waals surface area (Å²) in [6.07, 6.45) is 1.17. The highest BCUT2D eigenvalue weighted by Crippen LogP contribution is 2.36. The molecule has 0 radical (unpaired) electrons. The second-order valence-corrected chi connectivity index (χ2v) is 5.68. The zero-order chi connectivity index (χ0) is 14.8. The van der Waals surface area contributed by atoms with Crippen molar-refractivity contribution in [2.45, 2.75) is 18.9 Å². The highest BCUT2D eigenvalue weighted by atomic mass is 16.5. The third kappa shape index (κ3) is 2.78. The summed E-state index contributed by atoms with van der Waals surface area (Å²) >= 11 is 0. The van der Waals surface area contributed by atoms with E-state index in [1.165, 1.54) is 0 Å². The first-order valence-electron chi connectivity index (χ1n) is 7.35. The lowest BCUT2D eigenvalue weighted by Crippen LogP contribution is -2.50. The average molecular weight is 289 g/mol. The standard InChI is InChI=1S/C16H19NO4/c18-15(12-6-7-13(12)16(19)20)17-8-9-21-14(10-17)11-4-2-1-3-5-11/h1-5,12-14H,6-10H2,(H,19,20). The lowest BCUT2D eigenvalue weighted by atomic mass is 9.73. The molecule has 3 atom stereocenters. The number of carbonyl (C=O) groups is 2. The fourth-order valence-electron chi connectivity index (χ4n) is 3.04. The van der Waals surface area contributed by atoms with Crippen LogP contribution in [0.3, 0.4) is 0 Å². The second kappa shape index (κ2) is 5.85. The van der Waals surface area contributed by atoms with Gasteiger partial charge in [-0.2, -0.15) is 0 Å². The van der Waals surface area contributed by atoms with Gasteiger partial charge in [0.2, 0.25) is 5.91 Å². The molecule has 1 aliphatic carbocycles. The van der Waals surface area contributed by atoms with Crippen LogP contribution in [-0.4, -0.2) is 41.6 Å². The monoisotopic (exact) mass is 289 g/mol. The molecule has 1 saturated carbocycles. The molecule has 1 saturated heterocycles. The Morgan fingerprint density at radius 2 is 1.86 bits per heavy atom. The topological polar surface area (TPSA) is 66.8 Å². The Kier molecular flexibility index (Phi) is 3.92. The molecule has 2 fully saturated rings. The molecule has 3 unspecified atom stereocenters. The molecule has 0 spiro atoms. The van der Waals surface area contributed by atoms with Crippen LogP contribution in [0, 0.1) is 11.8 Å². The first kappa shape index (κ1) is 14.1. The number of hydrogen-bond donors (Lipinski definition) is 1. The molecule has 1 aromatic rings. The van der Waals surface area contributed by atoms with E-state index >= 15 is 0 Å². The SMILES string of the molecule is O=C(O)C1CCC1C(=O)N1CCOC(c2ccccc2)C1. The molecule has 1 aromatic carbocycles. The normalized spacial score (nSPS) is 28.8. The van der Waals surface area contributed by atoms with E-state index in [1.54, 1.807) is 4.90 Å². The van der Waals surface area contributed by atoms with Crippen molar-refractivity contribution >= 4 is 11.9 Å². The van der Waals surface area contributed by atoms with E-state index in [2.05, 4.69) is 0 Å². The molecule has 1 N–H and O–H groups in total. The molecule has 1 amide bonds. The first-order valence-corrected chi connectivity index (χ1v) is 7.35. The molecule has 0 bridgehead atoms. The molecule has 3 rings (SSSR count). The molecule has 5 nitrogen and oxygen atoms in total. The van der Waals surface area contributed by atoms with Crippen molar-refractivity contribution in [3.8, 4) is 0 Å². The number of carboxylic acid groups (broad SMARTS) is 1. The van der Waals surface area contributed by atoms with Gasteiger partial charge in [0.15, 0.2) is 0 Å². The van der Waals surface area contributed by atoms with E-state index in [1.807, 2.05) is 30.3 Å². The Labute approximate surface area is 123 Å². The largest absolute Gasteiger partial charge is 0.481 e. The van der Waals surface area contributed by atoms with Crippen LogP contribution in [0.1, 0.15) is 24.5 Å². The molecule has 0 aromatic heterocycles. The number of carboxylic acids is 1. The van der Waals surface area contributed by atoms with Crippen LogP contribution in [0.5, 0.6) is 0 Å². The molecule has 1 heterocycles. The Hall–Kier alpha value is -1.88. The Bertz CT molecular complexity index is 530. The summed E-state index contributed by atoms with van der Waals surface area (Å²) in [6.45, 7) is 1.55. The molecule has 2 aliphatic rings. The predicted octanol–water partition coefficient (Wildman–Crippen LogP) is 1.70. The van der Waals surface area contributed by atoms with Crippen LogP contribution < -0.4 is 0 Å². The number of benzene rings is 1. The summed E-state index contributed by atoms with van der Waals surface area (Å²) in [6, 6.07) is 9.82. The minimum atomic E-state index is -0.854. The number of rotatable bonds is 3. The summed E-state index contributed by atoms with van der Waals surface area (Å²) in [5, 5.41) is 9.09. The quantitative estimate of drug-likeness (QED) is 0.919. The van der Waals surface area contributed by atoms with Crippen molar-refractivity contribution in [2.24, 2.45) is 11.8 Å². The summed E-state index contributed by atoms with van der Waals surface area (Å²) in [5.41, 5.74) is 1.05. The van der Waals surface area contributed by atoms with Gasteiger partial charge in [0, 0.05) is 6.54 Å². The molecular formula is C16H19NO4. The van der Waals surface area contributed by atoms with Crippen molar-refractivity contribution in [3.63, 3.8) is 0 Å². The van der Waals surface area contributed by atoms with E-state index in [9.17, 15) is 9.59 Å². The van der Waals surface area contributed by atoms with Crippen LogP contribution in [0.4, 0.5) is 0 Å². The van der Waals surface area contributed by atoms with Crippen LogP contribution >= 0.6 is 0 Å². The zero-order valence-corrected chi connectivity index (χ0v) is 11.8. The number of carbonyl (C=O) groups excluding carboxylic acids is 1. The smallest absolute Gasteiger partial charge is 0.307 e. The zero-order valence-electron chi connectivity index (χ0n) is 11.8. The first-order chi connectivity index (χ1) is 10.2. The van der Waals surface area contributed by atoms with E-state index in [0.717, 1.165) is 5.56 Å². The van der Waals surface area contributed by atoms with Gasteiger partial charge >= 0.3 is 5.97 Å². The molecule has 5 heteroatoms. The summed E-state index contributed by atoms with van der Waals surface area (Å²) in [5.74, 6) is -1.74. The lowest BCUT2D eigenvalue weighted by molar-refractivity contribution is -0.160. The van der Waals surface area contributed by atoms with Gasteiger partial charge < -0.3 is 14.7 Å². The summed E-state index contributed by atoms with van der Waals surface area (Å²) in [7, 11) is 0. The van der Waals surface area contributed by atoms with Crippen LogP contribution in [0.25, 0.3) is 0 Å². The van der Waals surface area contributed by atoms with Crippen molar-refractivity contribution in [2.75, 3.05) is 19.7 Å².